The molecule has 1 N–H and O–H groups in total. The highest BCUT2D eigenvalue weighted by molar-refractivity contribution is 6.30. The van der Waals surface area contributed by atoms with E-state index in [0.29, 0.717) is 5.69 Å². The molecule has 0 spiro atoms. The lowest BCUT2D eigenvalue weighted by molar-refractivity contribution is -0.120. The average Bonchev–Trinajstić information content (AvgIpc) is 2.61. The third-order valence-electron chi connectivity index (χ3n) is 4.51. The van der Waals surface area contributed by atoms with Crippen molar-refractivity contribution < 1.29 is 9.18 Å². The van der Waals surface area contributed by atoms with Crippen molar-refractivity contribution in [3.05, 3.63) is 59.4 Å². The zero-order valence-electron chi connectivity index (χ0n) is 14.1. The molecule has 0 saturated carbocycles. The van der Waals surface area contributed by atoms with E-state index in [2.05, 4.69) is 15.1 Å². The van der Waals surface area contributed by atoms with Crippen molar-refractivity contribution in [2.45, 2.75) is 13.0 Å². The van der Waals surface area contributed by atoms with Gasteiger partial charge in [-0.1, -0.05) is 23.7 Å². The lowest BCUT2D eigenvalue weighted by Gasteiger charge is -2.38. The molecule has 1 aliphatic heterocycles. The van der Waals surface area contributed by atoms with E-state index in [1.54, 1.807) is 12.1 Å². The lowest BCUT2D eigenvalue weighted by Crippen LogP contribution is -2.52. The number of anilines is 2. The van der Waals surface area contributed by atoms with E-state index in [1.807, 2.05) is 31.2 Å². The van der Waals surface area contributed by atoms with Gasteiger partial charge in [0.05, 0.1) is 6.04 Å². The van der Waals surface area contributed by atoms with Crippen molar-refractivity contribution in [1.29, 1.82) is 0 Å². The van der Waals surface area contributed by atoms with Crippen molar-refractivity contribution in [3.8, 4) is 0 Å². The van der Waals surface area contributed by atoms with Gasteiger partial charge in [-0.25, -0.2) is 4.39 Å². The number of rotatable bonds is 4. The topological polar surface area (TPSA) is 35.6 Å². The molecule has 1 saturated heterocycles. The van der Waals surface area contributed by atoms with Crippen LogP contribution in [0.4, 0.5) is 15.8 Å². The van der Waals surface area contributed by atoms with Gasteiger partial charge in [-0.2, -0.15) is 0 Å². The molecule has 1 fully saturated rings. The summed E-state index contributed by atoms with van der Waals surface area (Å²) in [6.45, 7) is 5.11. The third kappa shape index (κ3) is 4.50. The second-order valence-electron chi connectivity index (χ2n) is 6.18. The molecular formula is C19H21ClFN3O. The molecule has 2 aromatic rings. The molecule has 1 heterocycles. The summed E-state index contributed by atoms with van der Waals surface area (Å²) in [6.07, 6.45) is 0. The molecule has 1 aliphatic rings. The third-order valence-corrected chi connectivity index (χ3v) is 4.74. The van der Waals surface area contributed by atoms with E-state index in [9.17, 15) is 9.18 Å². The summed E-state index contributed by atoms with van der Waals surface area (Å²) in [5, 5.41) is 3.50. The average molecular weight is 362 g/mol. The molecule has 3 rings (SSSR count). The van der Waals surface area contributed by atoms with Gasteiger partial charge in [-0.3, -0.25) is 9.69 Å². The molecular weight excluding hydrogens is 341 g/mol. The molecule has 1 atom stereocenters. The Labute approximate surface area is 152 Å². The van der Waals surface area contributed by atoms with Crippen molar-refractivity contribution in [3.63, 3.8) is 0 Å². The van der Waals surface area contributed by atoms with Crippen LogP contribution in [0, 0.1) is 5.82 Å². The van der Waals surface area contributed by atoms with Crippen LogP contribution < -0.4 is 10.2 Å². The normalized spacial score (nSPS) is 16.5. The number of amides is 1. The Hall–Kier alpha value is -2.11. The van der Waals surface area contributed by atoms with Crippen molar-refractivity contribution in [2.75, 3.05) is 36.4 Å². The molecule has 2 aromatic carbocycles. The minimum atomic E-state index is -0.361. The molecule has 0 aromatic heterocycles. The number of hydrogen-bond donors (Lipinski definition) is 1. The first-order valence-corrected chi connectivity index (χ1v) is 8.72. The Morgan fingerprint density at radius 3 is 2.52 bits per heavy atom. The molecule has 0 bridgehead atoms. The molecule has 0 aliphatic carbocycles. The van der Waals surface area contributed by atoms with Crippen molar-refractivity contribution >= 4 is 28.9 Å². The van der Waals surface area contributed by atoms with Crippen LogP contribution in [0.1, 0.15) is 6.92 Å². The lowest BCUT2D eigenvalue weighted by atomic mass is 10.2. The fraction of sp³-hybridized carbons (Fsp3) is 0.316. The zero-order valence-corrected chi connectivity index (χ0v) is 14.8. The van der Waals surface area contributed by atoms with Crippen molar-refractivity contribution in [2.24, 2.45) is 0 Å². The Morgan fingerprint density at radius 2 is 1.84 bits per heavy atom. The number of halogens is 2. The Kier molecular flexibility index (Phi) is 5.56. The fourth-order valence-electron chi connectivity index (χ4n) is 3.02. The second-order valence-corrected chi connectivity index (χ2v) is 6.61. The first-order valence-electron chi connectivity index (χ1n) is 8.34. The maximum atomic E-state index is 13.2. The summed E-state index contributed by atoms with van der Waals surface area (Å²) in [4.78, 5) is 16.8. The smallest absolute Gasteiger partial charge is 0.241 e. The fourth-order valence-corrected chi connectivity index (χ4v) is 3.20. The molecule has 132 valence electrons. The van der Waals surface area contributed by atoms with Crippen LogP contribution >= 0.6 is 11.6 Å². The van der Waals surface area contributed by atoms with Gasteiger partial charge in [0.1, 0.15) is 5.82 Å². The van der Waals surface area contributed by atoms with Gasteiger partial charge >= 0.3 is 0 Å². The highest BCUT2D eigenvalue weighted by atomic mass is 35.5. The van der Waals surface area contributed by atoms with Gasteiger partial charge in [0, 0.05) is 42.6 Å². The molecule has 1 amide bonds. The Bertz CT molecular complexity index is 747. The van der Waals surface area contributed by atoms with E-state index in [1.165, 1.54) is 12.1 Å². The maximum Gasteiger partial charge on any atom is 0.241 e. The summed E-state index contributed by atoms with van der Waals surface area (Å²) in [6, 6.07) is 13.5. The maximum absolute atomic E-state index is 13.2. The van der Waals surface area contributed by atoms with E-state index in [0.717, 1.165) is 36.9 Å². The van der Waals surface area contributed by atoms with Crippen LogP contribution in [-0.4, -0.2) is 43.0 Å². The first-order chi connectivity index (χ1) is 12.0. The summed E-state index contributed by atoms with van der Waals surface area (Å²) < 4.78 is 13.2. The van der Waals surface area contributed by atoms with Crippen LogP contribution in [0.2, 0.25) is 5.02 Å². The largest absolute Gasteiger partial charge is 0.369 e. The van der Waals surface area contributed by atoms with Gasteiger partial charge in [0.15, 0.2) is 0 Å². The van der Waals surface area contributed by atoms with Crippen LogP contribution in [0.5, 0.6) is 0 Å². The number of benzene rings is 2. The number of carbonyl (C=O) groups excluding carboxylic acids is 1. The van der Waals surface area contributed by atoms with E-state index < -0.39 is 0 Å². The molecule has 25 heavy (non-hydrogen) atoms. The monoisotopic (exact) mass is 361 g/mol. The van der Waals surface area contributed by atoms with Crippen LogP contribution in [-0.2, 0) is 4.79 Å². The van der Waals surface area contributed by atoms with Crippen LogP contribution in [0.15, 0.2) is 48.5 Å². The van der Waals surface area contributed by atoms with Gasteiger partial charge in [0.25, 0.3) is 0 Å². The number of hydrogen-bond acceptors (Lipinski definition) is 3. The van der Waals surface area contributed by atoms with Crippen LogP contribution in [0.25, 0.3) is 0 Å². The standard InChI is InChI=1S/C19H21ClFN3O/c1-14(19(25)22-17-6-3-5-16(21)13-17)23-8-10-24(11-9-23)18-7-2-4-15(20)12-18/h2-7,12-14H,8-11H2,1H3,(H,22,25)/t14-/m1/s1. The molecule has 4 nitrogen and oxygen atoms in total. The predicted octanol–water partition coefficient (Wildman–Crippen LogP) is 3.63. The molecule has 0 radical (unpaired) electrons. The first kappa shape index (κ1) is 17.7. The highest BCUT2D eigenvalue weighted by Gasteiger charge is 2.25. The summed E-state index contributed by atoms with van der Waals surface area (Å²) in [5.41, 5.74) is 1.58. The van der Waals surface area contributed by atoms with E-state index in [-0.39, 0.29) is 17.8 Å². The minimum absolute atomic E-state index is 0.123. The zero-order chi connectivity index (χ0) is 17.8. The Balaban J connectivity index is 1.56. The van der Waals surface area contributed by atoms with Crippen LogP contribution in [0.3, 0.4) is 0 Å². The van der Waals surface area contributed by atoms with Crippen molar-refractivity contribution in [1.82, 2.24) is 4.90 Å². The minimum Gasteiger partial charge on any atom is -0.369 e. The number of carbonyl (C=O) groups is 1. The van der Waals surface area contributed by atoms with Gasteiger partial charge in [0.2, 0.25) is 5.91 Å². The predicted molar refractivity (Wildman–Crippen MR) is 99.7 cm³/mol. The SMILES string of the molecule is C[C@H](C(=O)Nc1cccc(F)c1)N1CCN(c2cccc(Cl)c2)CC1. The second kappa shape index (κ2) is 7.85. The molecule has 0 unspecified atom stereocenters. The highest BCUT2D eigenvalue weighted by Crippen LogP contribution is 2.21. The van der Waals surface area contributed by atoms with E-state index in [4.69, 9.17) is 11.6 Å². The van der Waals surface area contributed by atoms with Gasteiger partial charge in [-0.05, 0) is 43.3 Å². The number of nitrogens with one attached hydrogen (secondary N) is 1. The Morgan fingerprint density at radius 1 is 1.12 bits per heavy atom. The van der Waals surface area contributed by atoms with Gasteiger partial charge in [-0.15, -0.1) is 0 Å². The quantitative estimate of drug-likeness (QED) is 0.903. The van der Waals surface area contributed by atoms with Gasteiger partial charge < -0.3 is 10.2 Å². The summed E-state index contributed by atoms with van der Waals surface area (Å²) >= 11 is 6.06. The number of nitrogens with zero attached hydrogens (tertiary/aromatic N) is 2. The summed E-state index contributed by atoms with van der Waals surface area (Å²) in [5.74, 6) is -0.484. The summed E-state index contributed by atoms with van der Waals surface area (Å²) in [7, 11) is 0. The molecule has 6 heteroatoms. The number of piperazine rings is 1. The van der Waals surface area contributed by atoms with E-state index >= 15 is 0 Å².